The van der Waals surface area contributed by atoms with Crippen LogP contribution in [0.4, 0.5) is 10.5 Å². The largest absolute Gasteiger partial charge is 0.494 e. The number of carbonyl (C=O) groups excluding carboxylic acids is 3. The maximum Gasteiger partial charge on any atom is 0.335 e. The Hall–Kier alpha value is -3.81. The normalized spacial score (nSPS) is 15.1. The van der Waals surface area contributed by atoms with Crippen molar-refractivity contribution < 1.29 is 28.6 Å². The number of barbiturate groups is 1. The van der Waals surface area contributed by atoms with Crippen LogP contribution in [0.1, 0.15) is 25.8 Å². The van der Waals surface area contributed by atoms with Gasteiger partial charge in [0.25, 0.3) is 11.8 Å². The lowest BCUT2D eigenvalue weighted by molar-refractivity contribution is -0.122. The lowest BCUT2D eigenvalue weighted by atomic mass is 10.1. The summed E-state index contributed by atoms with van der Waals surface area (Å²) in [5, 5.41) is 2.21. The molecule has 2 aromatic carbocycles. The van der Waals surface area contributed by atoms with Gasteiger partial charge in [0.05, 0.1) is 26.0 Å². The molecule has 0 atom stereocenters. The lowest BCUT2D eigenvalue weighted by Gasteiger charge is -2.26. The Morgan fingerprint density at radius 2 is 1.71 bits per heavy atom. The zero-order valence-electron chi connectivity index (χ0n) is 17.6. The van der Waals surface area contributed by atoms with Crippen LogP contribution in [-0.4, -0.2) is 38.2 Å². The van der Waals surface area contributed by atoms with Gasteiger partial charge in [-0.15, -0.1) is 0 Å². The minimum absolute atomic E-state index is 0.169. The Bertz CT molecular complexity index is 1010. The highest BCUT2D eigenvalue weighted by Crippen LogP contribution is 2.30. The van der Waals surface area contributed by atoms with Crippen LogP contribution in [0.25, 0.3) is 6.08 Å². The summed E-state index contributed by atoms with van der Waals surface area (Å²) < 4.78 is 16.4. The molecule has 1 saturated heterocycles. The van der Waals surface area contributed by atoms with Crippen LogP contribution in [0.15, 0.2) is 48.0 Å². The van der Waals surface area contributed by atoms with E-state index in [1.54, 1.807) is 42.5 Å². The number of hydrogen-bond donors (Lipinski definition) is 1. The fourth-order valence-corrected chi connectivity index (χ4v) is 3.02. The molecule has 0 bridgehead atoms. The Kier molecular flexibility index (Phi) is 6.92. The van der Waals surface area contributed by atoms with Gasteiger partial charge in [-0.1, -0.05) is 13.0 Å². The van der Waals surface area contributed by atoms with Crippen molar-refractivity contribution in [2.45, 2.75) is 20.3 Å². The monoisotopic (exact) mass is 424 g/mol. The molecule has 1 heterocycles. The first-order valence-corrected chi connectivity index (χ1v) is 9.93. The number of urea groups is 1. The summed E-state index contributed by atoms with van der Waals surface area (Å²) in [4.78, 5) is 38.7. The highest BCUT2D eigenvalue weighted by atomic mass is 16.5. The van der Waals surface area contributed by atoms with Gasteiger partial charge in [0.2, 0.25) is 0 Å². The van der Waals surface area contributed by atoms with Crippen LogP contribution in [-0.2, 0) is 9.59 Å². The van der Waals surface area contributed by atoms with Gasteiger partial charge in [0.1, 0.15) is 11.3 Å². The fraction of sp³-hybridized carbons (Fsp3) is 0.261. The van der Waals surface area contributed by atoms with Crippen LogP contribution in [0.5, 0.6) is 17.2 Å². The fourth-order valence-electron chi connectivity index (χ4n) is 3.02. The number of rotatable bonds is 8. The van der Waals surface area contributed by atoms with Gasteiger partial charge in [-0.25, -0.2) is 9.69 Å². The van der Waals surface area contributed by atoms with Crippen LogP contribution in [0, 0.1) is 0 Å². The van der Waals surface area contributed by atoms with Gasteiger partial charge in [0.15, 0.2) is 11.5 Å². The highest BCUT2D eigenvalue weighted by Gasteiger charge is 2.36. The maximum atomic E-state index is 13.0. The molecule has 0 unspecified atom stereocenters. The summed E-state index contributed by atoms with van der Waals surface area (Å²) in [5.74, 6) is 0.175. The molecule has 1 aliphatic heterocycles. The zero-order chi connectivity index (χ0) is 22.4. The summed E-state index contributed by atoms with van der Waals surface area (Å²) in [7, 11) is 1.51. The van der Waals surface area contributed by atoms with Crippen molar-refractivity contribution in [3.05, 3.63) is 53.6 Å². The topological polar surface area (TPSA) is 94.2 Å². The first kappa shape index (κ1) is 21.9. The second-order valence-corrected chi connectivity index (χ2v) is 6.64. The Morgan fingerprint density at radius 3 is 2.35 bits per heavy atom. The predicted molar refractivity (Wildman–Crippen MR) is 115 cm³/mol. The van der Waals surface area contributed by atoms with Crippen molar-refractivity contribution in [2.24, 2.45) is 0 Å². The summed E-state index contributed by atoms with van der Waals surface area (Å²) in [6.07, 6.45) is 2.26. The van der Waals surface area contributed by atoms with Crippen molar-refractivity contribution in [3.8, 4) is 17.2 Å². The molecule has 1 fully saturated rings. The number of hydrogen-bond acceptors (Lipinski definition) is 6. The Balaban J connectivity index is 1.91. The van der Waals surface area contributed by atoms with E-state index in [-0.39, 0.29) is 5.57 Å². The molecular weight excluding hydrogens is 400 g/mol. The van der Waals surface area contributed by atoms with Crippen molar-refractivity contribution in [3.63, 3.8) is 0 Å². The van der Waals surface area contributed by atoms with Crippen LogP contribution in [0.3, 0.4) is 0 Å². The molecular formula is C23H24N2O6. The van der Waals surface area contributed by atoms with E-state index in [1.807, 2.05) is 13.8 Å². The van der Waals surface area contributed by atoms with E-state index in [9.17, 15) is 14.4 Å². The van der Waals surface area contributed by atoms with E-state index in [1.165, 1.54) is 13.2 Å². The number of benzene rings is 2. The Labute approximate surface area is 180 Å². The molecule has 4 amide bonds. The van der Waals surface area contributed by atoms with Gasteiger partial charge in [0, 0.05) is 0 Å². The third-order valence-electron chi connectivity index (χ3n) is 4.47. The van der Waals surface area contributed by atoms with Gasteiger partial charge in [-0.3, -0.25) is 14.9 Å². The van der Waals surface area contributed by atoms with Crippen molar-refractivity contribution in [2.75, 3.05) is 25.2 Å². The molecule has 162 valence electrons. The molecule has 1 aliphatic rings. The van der Waals surface area contributed by atoms with Crippen molar-refractivity contribution >= 4 is 29.6 Å². The average molecular weight is 424 g/mol. The van der Waals surface area contributed by atoms with E-state index >= 15 is 0 Å². The van der Waals surface area contributed by atoms with Crippen LogP contribution < -0.4 is 24.4 Å². The molecule has 0 radical (unpaired) electrons. The third kappa shape index (κ3) is 4.85. The van der Waals surface area contributed by atoms with E-state index in [0.717, 1.165) is 11.3 Å². The smallest absolute Gasteiger partial charge is 0.335 e. The molecule has 1 N–H and O–H groups in total. The average Bonchev–Trinajstić information content (AvgIpc) is 2.76. The first-order valence-electron chi connectivity index (χ1n) is 9.93. The number of methoxy groups -OCH3 is 1. The maximum absolute atomic E-state index is 13.0. The van der Waals surface area contributed by atoms with E-state index < -0.39 is 17.8 Å². The number of carbonyl (C=O) groups is 3. The molecule has 31 heavy (non-hydrogen) atoms. The van der Waals surface area contributed by atoms with Gasteiger partial charge < -0.3 is 14.2 Å². The summed E-state index contributed by atoms with van der Waals surface area (Å²) >= 11 is 0. The quantitative estimate of drug-likeness (QED) is 0.515. The summed E-state index contributed by atoms with van der Waals surface area (Å²) in [6, 6.07) is 10.7. The van der Waals surface area contributed by atoms with Gasteiger partial charge in [-0.05, 0) is 61.4 Å². The highest BCUT2D eigenvalue weighted by molar-refractivity contribution is 6.39. The van der Waals surface area contributed by atoms with E-state index in [0.29, 0.717) is 41.7 Å². The number of nitrogens with one attached hydrogen (secondary N) is 1. The second kappa shape index (κ2) is 9.80. The van der Waals surface area contributed by atoms with Crippen LogP contribution in [0.2, 0.25) is 0 Å². The molecule has 0 saturated carbocycles. The second-order valence-electron chi connectivity index (χ2n) is 6.64. The van der Waals surface area contributed by atoms with Gasteiger partial charge in [-0.2, -0.15) is 0 Å². The number of ether oxygens (including phenoxy) is 3. The van der Waals surface area contributed by atoms with Gasteiger partial charge >= 0.3 is 6.03 Å². The lowest BCUT2D eigenvalue weighted by Crippen LogP contribution is -2.54. The molecule has 8 nitrogen and oxygen atoms in total. The molecule has 0 aliphatic carbocycles. The van der Waals surface area contributed by atoms with E-state index in [2.05, 4.69) is 5.32 Å². The molecule has 2 aromatic rings. The molecule has 3 rings (SSSR count). The number of imide groups is 2. The Morgan fingerprint density at radius 1 is 0.968 bits per heavy atom. The third-order valence-corrected chi connectivity index (χ3v) is 4.47. The molecule has 0 spiro atoms. The van der Waals surface area contributed by atoms with Crippen LogP contribution >= 0.6 is 0 Å². The molecule has 0 aromatic heterocycles. The number of anilines is 1. The first-order chi connectivity index (χ1) is 15.0. The minimum atomic E-state index is -0.808. The number of nitrogens with zero attached hydrogens (tertiary/aromatic N) is 1. The summed E-state index contributed by atoms with van der Waals surface area (Å²) in [5.41, 5.74) is 0.711. The number of amides is 4. The summed E-state index contributed by atoms with van der Waals surface area (Å²) in [6.45, 7) is 4.89. The standard InChI is InChI=1S/C23H24N2O6/c1-4-12-31-19-11-6-15(14-20(19)29-3)13-18-21(26)24-23(28)25(22(18)27)16-7-9-17(10-8-16)30-5-2/h6-11,13-14H,4-5,12H2,1-3H3,(H,24,26,28)/b18-13+. The van der Waals surface area contributed by atoms with E-state index in [4.69, 9.17) is 14.2 Å². The SMILES string of the molecule is CCCOc1ccc(/C=C2\C(=O)NC(=O)N(c3ccc(OCC)cc3)C2=O)cc1OC. The molecule has 8 heteroatoms. The zero-order valence-corrected chi connectivity index (χ0v) is 17.6. The van der Waals surface area contributed by atoms with Crippen molar-refractivity contribution in [1.82, 2.24) is 5.32 Å². The predicted octanol–water partition coefficient (Wildman–Crippen LogP) is 3.55. The van der Waals surface area contributed by atoms with Crippen molar-refractivity contribution in [1.29, 1.82) is 0 Å². The minimum Gasteiger partial charge on any atom is -0.494 e.